The van der Waals surface area contributed by atoms with Crippen LogP contribution in [0.25, 0.3) is 33.2 Å². The number of hydrogen-bond donors (Lipinski definition) is 1. The van der Waals surface area contributed by atoms with Crippen LogP contribution in [0.15, 0.2) is 24.5 Å². The van der Waals surface area contributed by atoms with Gasteiger partial charge in [0, 0.05) is 44.1 Å². The zero-order chi connectivity index (χ0) is 25.9. The van der Waals surface area contributed by atoms with Gasteiger partial charge in [0.2, 0.25) is 0 Å². The van der Waals surface area contributed by atoms with Gasteiger partial charge in [-0.1, -0.05) is 55.8 Å². The van der Waals surface area contributed by atoms with E-state index < -0.39 is 8.07 Å². The summed E-state index contributed by atoms with van der Waals surface area (Å²) in [6.45, 7) is 10.6. The van der Waals surface area contributed by atoms with E-state index in [4.69, 9.17) is 37.9 Å². The van der Waals surface area contributed by atoms with Crippen LogP contribution >= 0.6 is 23.2 Å². The topological polar surface area (TPSA) is 71.9 Å². The lowest BCUT2D eigenvalue weighted by Gasteiger charge is -2.38. The highest BCUT2D eigenvalue weighted by Crippen LogP contribution is 2.43. The second kappa shape index (κ2) is 9.56. The first-order chi connectivity index (χ1) is 17.7. The molecule has 0 saturated carbocycles. The van der Waals surface area contributed by atoms with E-state index in [1.807, 2.05) is 18.3 Å². The van der Waals surface area contributed by atoms with Crippen LogP contribution in [0, 0.1) is 5.92 Å². The standard InChI is InChI=1S/C27H34Cl2N6OSi/c1-16-11-17-5-6-18(12-16)35(17)22-13-30-25-20(19-7-8-21-23(24(19)28)26(29)33-32-21)14-34(27(25)31-22)15-36-9-10-37(2,3)4/h7-8,13-14,16-18H,5-6,9-12,15H2,1-4H3,(H,32,33)/t16?,17-,18+. The molecule has 1 unspecified atom stereocenters. The van der Waals surface area contributed by atoms with E-state index in [0.717, 1.165) is 57.6 Å². The number of halogens is 2. The third-order valence-electron chi connectivity index (χ3n) is 7.92. The van der Waals surface area contributed by atoms with E-state index in [2.05, 4.69) is 52.4 Å². The fraction of sp³-hybridized carbons (Fsp3) is 0.519. The zero-order valence-electron chi connectivity index (χ0n) is 21.9. The number of H-pyrrole nitrogens is 1. The van der Waals surface area contributed by atoms with Gasteiger partial charge in [-0.15, -0.1) is 0 Å². The van der Waals surface area contributed by atoms with Gasteiger partial charge in [0.1, 0.15) is 23.2 Å². The van der Waals surface area contributed by atoms with Crippen molar-refractivity contribution in [2.75, 3.05) is 11.5 Å². The number of anilines is 1. The number of rotatable bonds is 7. The zero-order valence-corrected chi connectivity index (χ0v) is 24.4. The van der Waals surface area contributed by atoms with Crippen LogP contribution in [0.2, 0.25) is 35.9 Å². The molecule has 37 heavy (non-hydrogen) atoms. The number of benzene rings is 1. The van der Waals surface area contributed by atoms with Crippen molar-refractivity contribution in [1.82, 2.24) is 24.7 Å². The summed E-state index contributed by atoms with van der Waals surface area (Å²) in [6, 6.07) is 6.13. The molecule has 7 nitrogen and oxygen atoms in total. The predicted octanol–water partition coefficient (Wildman–Crippen LogP) is 7.36. The first-order valence-electron chi connectivity index (χ1n) is 13.2. The maximum atomic E-state index is 6.89. The van der Waals surface area contributed by atoms with E-state index in [0.29, 0.717) is 29.0 Å². The number of ether oxygens (including phenoxy) is 1. The Morgan fingerprint density at radius 2 is 1.86 bits per heavy atom. The first kappa shape index (κ1) is 25.2. The van der Waals surface area contributed by atoms with Crippen LogP contribution < -0.4 is 4.90 Å². The highest BCUT2D eigenvalue weighted by atomic mass is 35.5. The maximum Gasteiger partial charge on any atom is 0.163 e. The number of hydrogen-bond acceptors (Lipinski definition) is 5. The summed E-state index contributed by atoms with van der Waals surface area (Å²) in [6.07, 6.45) is 8.94. The first-order valence-corrected chi connectivity index (χ1v) is 17.7. The Morgan fingerprint density at radius 3 is 2.59 bits per heavy atom. The molecule has 2 fully saturated rings. The molecule has 1 aromatic carbocycles. The molecular weight excluding hydrogens is 523 g/mol. The number of piperidine rings is 1. The van der Waals surface area contributed by atoms with Gasteiger partial charge in [-0.2, -0.15) is 5.10 Å². The van der Waals surface area contributed by atoms with Crippen LogP contribution in [0.3, 0.4) is 0 Å². The Kier molecular flexibility index (Phi) is 6.50. The van der Waals surface area contributed by atoms with Crippen molar-refractivity contribution in [1.29, 1.82) is 0 Å². The SMILES string of the molecule is CC1C[C@H]2CC[C@@H](C1)N2c1cnc2c(-c3ccc4n[nH]c(Cl)c4c3Cl)cn(COCC[Si](C)(C)C)c2n1. The third-order valence-corrected chi connectivity index (χ3v) is 10.3. The minimum atomic E-state index is -1.18. The van der Waals surface area contributed by atoms with Crippen molar-refractivity contribution in [3.8, 4) is 11.1 Å². The summed E-state index contributed by atoms with van der Waals surface area (Å²) in [5.41, 5.74) is 4.16. The second-order valence-corrected chi connectivity index (χ2v) is 18.4. The van der Waals surface area contributed by atoms with Gasteiger partial charge < -0.3 is 14.2 Å². The molecule has 0 spiro atoms. The Labute approximate surface area is 228 Å². The quantitative estimate of drug-likeness (QED) is 0.190. The van der Waals surface area contributed by atoms with Crippen LogP contribution in [0.4, 0.5) is 5.82 Å². The summed E-state index contributed by atoms with van der Waals surface area (Å²) < 4.78 is 8.24. The minimum absolute atomic E-state index is 0.426. The number of nitrogens with zero attached hydrogens (tertiary/aromatic N) is 5. The number of aromatic amines is 1. The summed E-state index contributed by atoms with van der Waals surface area (Å²) in [5.74, 6) is 1.74. The van der Waals surface area contributed by atoms with Crippen molar-refractivity contribution in [3.63, 3.8) is 0 Å². The number of fused-ring (bicyclic) bond motifs is 4. The van der Waals surface area contributed by atoms with Crippen LogP contribution in [-0.4, -0.2) is 51.5 Å². The summed E-state index contributed by atoms with van der Waals surface area (Å²) in [7, 11) is -1.18. The minimum Gasteiger partial charge on any atom is -0.361 e. The Balaban J connectivity index is 1.42. The van der Waals surface area contributed by atoms with Crippen molar-refractivity contribution in [2.24, 2.45) is 5.92 Å². The van der Waals surface area contributed by atoms with E-state index in [-0.39, 0.29) is 0 Å². The molecule has 0 radical (unpaired) electrons. The maximum absolute atomic E-state index is 6.89. The van der Waals surface area contributed by atoms with Crippen molar-refractivity contribution >= 4 is 59.2 Å². The monoisotopic (exact) mass is 556 g/mol. The summed E-state index contributed by atoms with van der Waals surface area (Å²) in [5, 5.41) is 8.78. The molecule has 1 N–H and O–H groups in total. The average molecular weight is 558 g/mol. The molecular formula is C27H34Cl2N6OSi. The molecule has 2 aliphatic rings. The highest BCUT2D eigenvalue weighted by molar-refractivity contribution is 6.76. The molecule has 4 aromatic rings. The molecule has 2 aliphatic heterocycles. The van der Waals surface area contributed by atoms with Gasteiger partial charge in [-0.05, 0) is 43.7 Å². The van der Waals surface area contributed by atoms with Gasteiger partial charge in [0.25, 0.3) is 0 Å². The Morgan fingerprint density at radius 1 is 1.11 bits per heavy atom. The Hall–Kier alpha value is -2.13. The highest BCUT2D eigenvalue weighted by Gasteiger charge is 2.40. The molecule has 196 valence electrons. The van der Waals surface area contributed by atoms with E-state index >= 15 is 0 Å². The van der Waals surface area contributed by atoms with Crippen LogP contribution in [-0.2, 0) is 11.5 Å². The van der Waals surface area contributed by atoms with Gasteiger partial charge >= 0.3 is 0 Å². The fourth-order valence-corrected chi connectivity index (χ4v) is 7.46. The molecule has 0 amide bonds. The van der Waals surface area contributed by atoms with Crippen LogP contribution in [0.5, 0.6) is 0 Å². The lowest BCUT2D eigenvalue weighted by molar-refractivity contribution is 0.0899. The number of nitrogens with one attached hydrogen (secondary N) is 1. The Bertz CT molecular complexity index is 1450. The molecule has 5 heterocycles. The molecule has 3 atom stereocenters. The number of aromatic nitrogens is 5. The smallest absolute Gasteiger partial charge is 0.163 e. The third kappa shape index (κ3) is 4.66. The van der Waals surface area contributed by atoms with Crippen molar-refractivity contribution < 1.29 is 4.74 Å². The molecule has 6 rings (SSSR count). The van der Waals surface area contributed by atoms with E-state index in [1.165, 1.54) is 25.7 Å². The summed E-state index contributed by atoms with van der Waals surface area (Å²) in [4.78, 5) is 12.7. The predicted molar refractivity (Wildman–Crippen MR) is 154 cm³/mol. The summed E-state index contributed by atoms with van der Waals surface area (Å²) >= 11 is 13.3. The largest absolute Gasteiger partial charge is 0.361 e. The average Bonchev–Trinajstić information content (AvgIpc) is 3.48. The van der Waals surface area contributed by atoms with Gasteiger partial charge in [-0.25, -0.2) is 9.97 Å². The molecule has 2 bridgehead atoms. The van der Waals surface area contributed by atoms with Gasteiger partial charge in [0.15, 0.2) is 5.65 Å². The normalized spacial score (nSPS) is 22.0. The van der Waals surface area contributed by atoms with Crippen LogP contribution in [0.1, 0.15) is 32.6 Å². The molecule has 3 aromatic heterocycles. The van der Waals surface area contributed by atoms with E-state index in [9.17, 15) is 0 Å². The second-order valence-electron chi connectivity index (χ2n) is 12.0. The van der Waals surface area contributed by atoms with Crippen molar-refractivity contribution in [3.05, 3.63) is 34.7 Å². The fourth-order valence-electron chi connectivity index (χ4n) is 6.06. The lowest BCUT2D eigenvalue weighted by atomic mass is 9.92. The molecule has 10 heteroatoms. The van der Waals surface area contributed by atoms with Crippen molar-refractivity contribution in [2.45, 2.75) is 77.1 Å². The molecule has 0 aliphatic carbocycles. The van der Waals surface area contributed by atoms with Gasteiger partial charge in [0.05, 0.1) is 22.1 Å². The van der Waals surface area contributed by atoms with E-state index in [1.54, 1.807) is 0 Å². The lowest BCUT2D eigenvalue weighted by Crippen LogP contribution is -2.43. The van der Waals surface area contributed by atoms with Gasteiger partial charge in [-0.3, -0.25) is 5.10 Å². The molecule has 2 saturated heterocycles.